The summed E-state index contributed by atoms with van der Waals surface area (Å²) >= 11 is 13.1. The number of alkyl halides is 2. The lowest BCUT2D eigenvalue weighted by molar-refractivity contribution is -0.384. The predicted molar refractivity (Wildman–Crippen MR) is 100 cm³/mol. The molecule has 1 saturated carbocycles. The molecule has 0 unspecified atom stereocenters. The van der Waals surface area contributed by atoms with Gasteiger partial charge in [-0.2, -0.15) is 0 Å². The van der Waals surface area contributed by atoms with Crippen LogP contribution in [0.25, 0.3) is 0 Å². The SMILES string of the molecule is CC(C)[C@@H]1CC[C@@H](C)C[C@@]1(O)C(Cl)(Cl)[S@@](=O)c1ccc([N+](=O)[O-])cc1. The number of non-ortho nitro benzene ring substituents is 1. The Labute approximate surface area is 160 Å². The number of hydrogen-bond donors (Lipinski definition) is 1. The van der Waals surface area contributed by atoms with Gasteiger partial charge in [0, 0.05) is 17.0 Å². The Bertz CT molecular complexity index is 665. The minimum atomic E-state index is -1.95. The highest BCUT2D eigenvalue weighted by Crippen LogP contribution is 2.53. The average molecular weight is 408 g/mol. The van der Waals surface area contributed by atoms with Crippen molar-refractivity contribution in [2.75, 3.05) is 0 Å². The van der Waals surface area contributed by atoms with Gasteiger partial charge in [0.2, 0.25) is 3.67 Å². The Balaban J connectivity index is 2.39. The fraction of sp³-hybridized carbons (Fsp3) is 0.647. The van der Waals surface area contributed by atoms with Gasteiger partial charge in [0.25, 0.3) is 5.69 Å². The smallest absolute Gasteiger partial charge is 0.269 e. The van der Waals surface area contributed by atoms with Crippen LogP contribution in [0.3, 0.4) is 0 Å². The average Bonchev–Trinajstić information content (AvgIpc) is 2.53. The molecule has 0 saturated heterocycles. The molecule has 1 aliphatic carbocycles. The van der Waals surface area contributed by atoms with Crippen molar-refractivity contribution in [1.29, 1.82) is 0 Å². The highest BCUT2D eigenvalue weighted by molar-refractivity contribution is 7.89. The lowest BCUT2D eigenvalue weighted by atomic mass is 9.67. The Morgan fingerprint density at radius 2 is 1.88 bits per heavy atom. The number of aliphatic hydroxyl groups is 1. The number of nitrogens with zero attached hydrogens (tertiary/aromatic N) is 1. The number of rotatable bonds is 5. The third-order valence-corrected chi connectivity index (χ3v) is 8.06. The Morgan fingerprint density at radius 1 is 1.32 bits per heavy atom. The van der Waals surface area contributed by atoms with Gasteiger partial charge in [-0.05, 0) is 42.7 Å². The second-order valence-electron chi connectivity index (χ2n) is 7.20. The van der Waals surface area contributed by atoms with E-state index in [4.69, 9.17) is 23.2 Å². The van der Waals surface area contributed by atoms with E-state index < -0.39 is 25.0 Å². The minimum absolute atomic E-state index is 0.111. The zero-order valence-electron chi connectivity index (χ0n) is 14.4. The number of halogens is 2. The fourth-order valence-corrected chi connectivity index (χ4v) is 5.91. The van der Waals surface area contributed by atoms with Crippen molar-refractivity contribution in [1.82, 2.24) is 0 Å². The molecule has 0 amide bonds. The predicted octanol–water partition coefficient (Wildman–Crippen LogP) is 4.66. The van der Waals surface area contributed by atoms with Gasteiger partial charge in [-0.15, -0.1) is 0 Å². The number of nitro groups is 1. The van der Waals surface area contributed by atoms with Gasteiger partial charge in [0.1, 0.15) is 5.60 Å². The first-order valence-corrected chi connectivity index (χ1v) is 10.2. The van der Waals surface area contributed by atoms with Crippen molar-refractivity contribution >= 4 is 39.7 Å². The van der Waals surface area contributed by atoms with Crippen molar-refractivity contribution in [2.24, 2.45) is 17.8 Å². The van der Waals surface area contributed by atoms with Crippen LogP contribution >= 0.6 is 23.2 Å². The van der Waals surface area contributed by atoms with E-state index >= 15 is 0 Å². The highest BCUT2D eigenvalue weighted by Gasteiger charge is 2.59. The van der Waals surface area contributed by atoms with Gasteiger partial charge >= 0.3 is 0 Å². The number of nitro benzene ring substituents is 1. The summed E-state index contributed by atoms with van der Waals surface area (Å²) in [7, 11) is -1.95. The molecule has 25 heavy (non-hydrogen) atoms. The topological polar surface area (TPSA) is 80.4 Å². The summed E-state index contributed by atoms with van der Waals surface area (Å²) in [6, 6.07) is 5.25. The van der Waals surface area contributed by atoms with E-state index in [0.29, 0.717) is 6.42 Å². The quantitative estimate of drug-likeness (QED) is 0.437. The summed E-state index contributed by atoms with van der Waals surface area (Å²) in [4.78, 5) is 10.5. The molecule has 1 fully saturated rings. The van der Waals surface area contributed by atoms with Crippen molar-refractivity contribution in [3.8, 4) is 0 Å². The summed E-state index contributed by atoms with van der Waals surface area (Å²) in [6.07, 6.45) is 2.08. The normalized spacial score (nSPS) is 28.8. The Kier molecular flexibility index (Phi) is 6.19. The van der Waals surface area contributed by atoms with E-state index in [9.17, 15) is 19.4 Å². The first-order chi connectivity index (χ1) is 11.5. The van der Waals surface area contributed by atoms with Gasteiger partial charge in [-0.1, -0.05) is 50.4 Å². The zero-order chi connectivity index (χ0) is 19.0. The van der Waals surface area contributed by atoms with Crippen LogP contribution in [0.4, 0.5) is 5.69 Å². The monoisotopic (exact) mass is 407 g/mol. The summed E-state index contributed by atoms with van der Waals surface area (Å²) in [6.45, 7) is 5.99. The maximum absolute atomic E-state index is 13.0. The lowest BCUT2D eigenvalue weighted by Gasteiger charge is -2.49. The largest absolute Gasteiger partial charge is 0.385 e. The first kappa shape index (κ1) is 20.6. The molecule has 4 atom stereocenters. The molecule has 1 aromatic carbocycles. The molecular weight excluding hydrogens is 385 g/mol. The van der Waals surface area contributed by atoms with Gasteiger partial charge in [0.15, 0.2) is 0 Å². The van der Waals surface area contributed by atoms with Crippen LogP contribution in [-0.4, -0.2) is 23.5 Å². The van der Waals surface area contributed by atoms with E-state index in [-0.39, 0.29) is 28.3 Å². The van der Waals surface area contributed by atoms with Crippen molar-refractivity contribution in [3.63, 3.8) is 0 Å². The molecule has 1 N–H and O–H groups in total. The summed E-state index contributed by atoms with van der Waals surface area (Å²) in [5.41, 5.74) is -1.62. The van der Waals surface area contributed by atoms with Crippen LogP contribution in [0.1, 0.15) is 40.0 Å². The second kappa shape index (κ2) is 7.51. The molecule has 2 rings (SSSR count). The molecule has 0 spiro atoms. The minimum Gasteiger partial charge on any atom is -0.385 e. The maximum atomic E-state index is 13.0. The molecule has 0 radical (unpaired) electrons. The Morgan fingerprint density at radius 3 is 2.36 bits per heavy atom. The lowest BCUT2D eigenvalue weighted by Crippen LogP contribution is -2.58. The maximum Gasteiger partial charge on any atom is 0.269 e. The summed E-state index contributed by atoms with van der Waals surface area (Å²) in [5.74, 6) is 0.162. The van der Waals surface area contributed by atoms with Crippen molar-refractivity contribution < 1.29 is 14.2 Å². The van der Waals surface area contributed by atoms with Gasteiger partial charge in [0.05, 0.1) is 15.7 Å². The third kappa shape index (κ3) is 3.87. The van der Waals surface area contributed by atoms with E-state index in [1.807, 2.05) is 20.8 Å². The molecule has 1 aliphatic rings. The second-order valence-corrected chi connectivity index (χ2v) is 10.6. The molecule has 140 valence electrons. The van der Waals surface area contributed by atoms with Crippen LogP contribution < -0.4 is 0 Å². The van der Waals surface area contributed by atoms with Crippen LogP contribution in [0.15, 0.2) is 29.2 Å². The molecule has 0 bridgehead atoms. The first-order valence-electron chi connectivity index (χ1n) is 8.27. The standard InChI is InChI=1S/C17H23Cl2NO4S/c1-11(2)15-9-4-12(3)10-16(15,21)17(18,19)25(24)14-7-5-13(6-8-14)20(22)23/h5-8,11-12,15,21H,4,9-10H2,1-3H3/t12-,15+,16+,25+/m1/s1. The molecule has 5 nitrogen and oxygen atoms in total. The van der Waals surface area contributed by atoms with Crippen LogP contribution in [0.2, 0.25) is 0 Å². The van der Waals surface area contributed by atoms with Gasteiger partial charge in [-0.25, -0.2) is 0 Å². The van der Waals surface area contributed by atoms with Crippen molar-refractivity contribution in [2.45, 2.75) is 54.2 Å². The molecule has 0 heterocycles. The van der Waals surface area contributed by atoms with E-state index in [1.165, 1.54) is 24.3 Å². The highest BCUT2D eigenvalue weighted by atomic mass is 35.5. The Hall–Kier alpha value is -0.690. The van der Waals surface area contributed by atoms with E-state index in [1.54, 1.807) is 0 Å². The molecule has 0 aliphatic heterocycles. The molecule has 8 heteroatoms. The van der Waals surface area contributed by atoms with Gasteiger partial charge in [-0.3, -0.25) is 14.3 Å². The zero-order valence-corrected chi connectivity index (χ0v) is 16.8. The van der Waals surface area contributed by atoms with E-state index in [0.717, 1.165) is 12.8 Å². The third-order valence-electron chi connectivity index (χ3n) is 5.05. The molecule has 0 aromatic heterocycles. The van der Waals surface area contributed by atoms with Crippen LogP contribution in [0, 0.1) is 27.9 Å². The molecule has 1 aromatic rings. The van der Waals surface area contributed by atoms with Crippen LogP contribution in [0.5, 0.6) is 0 Å². The molecular formula is C17H23Cl2NO4S. The van der Waals surface area contributed by atoms with Gasteiger partial charge < -0.3 is 5.11 Å². The van der Waals surface area contributed by atoms with Crippen LogP contribution in [-0.2, 0) is 10.8 Å². The summed E-state index contributed by atoms with van der Waals surface area (Å²) < 4.78 is 11.1. The van der Waals surface area contributed by atoms with E-state index in [2.05, 4.69) is 0 Å². The number of hydrogen-bond acceptors (Lipinski definition) is 4. The van der Waals surface area contributed by atoms with Crippen molar-refractivity contribution in [3.05, 3.63) is 34.4 Å². The fourth-order valence-electron chi connectivity index (χ4n) is 3.71. The summed E-state index contributed by atoms with van der Waals surface area (Å²) in [5, 5.41) is 22.2. The number of benzene rings is 1.